The van der Waals surface area contributed by atoms with Crippen LogP contribution in [-0.4, -0.2) is 51.3 Å². The van der Waals surface area contributed by atoms with Crippen molar-refractivity contribution in [3.63, 3.8) is 0 Å². The van der Waals surface area contributed by atoms with Gasteiger partial charge in [0, 0.05) is 20.1 Å². The first-order valence-electron chi connectivity index (χ1n) is 10.4. The first-order valence-corrected chi connectivity index (χ1v) is 10.7. The molecule has 8 heteroatoms. The second-order valence-electron chi connectivity index (χ2n) is 7.12. The lowest BCUT2D eigenvalue weighted by molar-refractivity contribution is 0.215. The van der Waals surface area contributed by atoms with E-state index in [2.05, 4.69) is 20.5 Å². The molecule has 2 heterocycles. The van der Waals surface area contributed by atoms with E-state index in [9.17, 15) is 0 Å². The maximum atomic E-state index is 6.38. The van der Waals surface area contributed by atoms with Crippen molar-refractivity contribution in [3.05, 3.63) is 46.9 Å². The van der Waals surface area contributed by atoms with Crippen LogP contribution in [0.4, 0.5) is 0 Å². The Morgan fingerprint density at radius 1 is 1.30 bits per heavy atom. The van der Waals surface area contributed by atoms with Crippen molar-refractivity contribution >= 4 is 17.6 Å². The molecular formula is C22H31ClN4O3. The first kappa shape index (κ1) is 22.3. The van der Waals surface area contributed by atoms with Crippen molar-refractivity contribution in [2.45, 2.75) is 32.4 Å². The molecule has 1 fully saturated rings. The van der Waals surface area contributed by atoms with Gasteiger partial charge in [0.1, 0.15) is 5.76 Å². The molecule has 1 unspecified atom stereocenters. The highest BCUT2D eigenvalue weighted by atomic mass is 35.5. The number of furan rings is 1. The summed E-state index contributed by atoms with van der Waals surface area (Å²) >= 11 is 6.38. The highest BCUT2D eigenvalue weighted by Crippen LogP contribution is 2.36. The van der Waals surface area contributed by atoms with Crippen LogP contribution in [0, 0.1) is 0 Å². The van der Waals surface area contributed by atoms with Crippen molar-refractivity contribution in [2.75, 3.05) is 40.4 Å². The van der Waals surface area contributed by atoms with E-state index in [1.54, 1.807) is 20.4 Å². The Bertz CT molecular complexity index is 820. The second-order valence-corrected chi connectivity index (χ2v) is 7.53. The maximum absolute atomic E-state index is 6.38. The number of hydrogen-bond donors (Lipinski definition) is 2. The van der Waals surface area contributed by atoms with Gasteiger partial charge in [0.25, 0.3) is 0 Å². The van der Waals surface area contributed by atoms with Gasteiger partial charge in [-0.2, -0.15) is 0 Å². The molecule has 1 atom stereocenters. The Hall–Kier alpha value is -2.38. The number of nitrogens with one attached hydrogen (secondary N) is 2. The minimum absolute atomic E-state index is 0.182. The average Bonchev–Trinajstić information content (AvgIpc) is 3.47. The van der Waals surface area contributed by atoms with Crippen LogP contribution in [0.3, 0.4) is 0 Å². The third-order valence-corrected chi connectivity index (χ3v) is 5.46. The minimum Gasteiger partial charge on any atom is -0.493 e. The summed E-state index contributed by atoms with van der Waals surface area (Å²) in [6.45, 7) is 5.88. The predicted octanol–water partition coefficient (Wildman–Crippen LogP) is 3.84. The standard InChI is InChI=1S/C22H31ClN4O3/c1-4-29-21-17(23)12-16(13-20(21)28-3)14-25-22(24-2)26-15-18(19-8-7-11-30-19)27-9-5-6-10-27/h7-8,11-13,18H,4-6,9-10,14-15H2,1-3H3,(H2,24,25,26). The summed E-state index contributed by atoms with van der Waals surface area (Å²) in [6, 6.07) is 7.96. The van der Waals surface area contributed by atoms with Gasteiger partial charge in [-0.25, -0.2) is 0 Å². The van der Waals surface area contributed by atoms with Crippen LogP contribution >= 0.6 is 11.6 Å². The Morgan fingerprint density at radius 3 is 2.73 bits per heavy atom. The number of rotatable bonds is 9. The molecule has 0 saturated carbocycles. The molecule has 7 nitrogen and oxygen atoms in total. The molecule has 0 bridgehead atoms. The lowest BCUT2D eigenvalue weighted by atomic mass is 10.2. The summed E-state index contributed by atoms with van der Waals surface area (Å²) in [4.78, 5) is 6.81. The molecule has 1 aromatic heterocycles. The molecule has 2 aromatic rings. The molecule has 0 aliphatic carbocycles. The van der Waals surface area contributed by atoms with Gasteiger partial charge < -0.3 is 24.5 Å². The number of likely N-dealkylation sites (tertiary alicyclic amines) is 1. The average molecular weight is 435 g/mol. The van der Waals surface area contributed by atoms with Crippen molar-refractivity contribution in [3.8, 4) is 11.5 Å². The second kappa shape index (κ2) is 11.1. The number of benzene rings is 1. The zero-order valence-corrected chi connectivity index (χ0v) is 18.7. The minimum atomic E-state index is 0.182. The summed E-state index contributed by atoms with van der Waals surface area (Å²) in [5, 5.41) is 7.30. The topological polar surface area (TPSA) is 71.3 Å². The molecule has 0 radical (unpaired) electrons. The number of halogens is 1. The van der Waals surface area contributed by atoms with Crippen LogP contribution in [0.5, 0.6) is 11.5 Å². The van der Waals surface area contributed by atoms with E-state index in [1.165, 1.54) is 12.8 Å². The molecule has 2 N–H and O–H groups in total. The van der Waals surface area contributed by atoms with E-state index in [4.69, 9.17) is 25.5 Å². The Kier molecular flexibility index (Phi) is 8.28. The number of nitrogens with zero attached hydrogens (tertiary/aromatic N) is 2. The molecule has 1 saturated heterocycles. The van der Waals surface area contributed by atoms with Crippen LogP contribution < -0.4 is 20.1 Å². The molecular weight excluding hydrogens is 404 g/mol. The molecule has 164 valence electrons. The maximum Gasteiger partial charge on any atom is 0.191 e. The number of ether oxygens (including phenoxy) is 2. The van der Waals surface area contributed by atoms with E-state index in [-0.39, 0.29) is 6.04 Å². The summed E-state index contributed by atoms with van der Waals surface area (Å²) in [6.07, 6.45) is 4.18. The van der Waals surface area contributed by atoms with Crippen molar-refractivity contribution in [1.29, 1.82) is 0 Å². The van der Waals surface area contributed by atoms with E-state index in [0.29, 0.717) is 36.2 Å². The summed E-state index contributed by atoms with van der Waals surface area (Å²) in [5.41, 5.74) is 0.977. The molecule has 1 aliphatic heterocycles. The molecule has 1 aromatic carbocycles. The Labute approximate surface area is 183 Å². The quantitative estimate of drug-likeness (QED) is 0.461. The van der Waals surface area contributed by atoms with Gasteiger partial charge in [-0.05, 0) is 62.7 Å². The number of hydrogen-bond acceptors (Lipinski definition) is 5. The van der Waals surface area contributed by atoms with Crippen LogP contribution in [0.1, 0.15) is 37.1 Å². The van der Waals surface area contributed by atoms with E-state index in [1.807, 2.05) is 31.2 Å². The molecule has 3 rings (SSSR count). The fourth-order valence-electron chi connectivity index (χ4n) is 3.70. The molecule has 30 heavy (non-hydrogen) atoms. The van der Waals surface area contributed by atoms with E-state index in [0.717, 1.165) is 30.4 Å². The number of guanidine groups is 1. The summed E-state index contributed by atoms with van der Waals surface area (Å²) in [7, 11) is 3.37. The fourth-order valence-corrected chi connectivity index (χ4v) is 3.99. The van der Waals surface area contributed by atoms with Crippen LogP contribution in [0.15, 0.2) is 39.9 Å². The van der Waals surface area contributed by atoms with Crippen molar-refractivity contribution in [1.82, 2.24) is 15.5 Å². The highest BCUT2D eigenvalue weighted by Gasteiger charge is 2.25. The summed E-state index contributed by atoms with van der Waals surface area (Å²) in [5.74, 6) is 2.88. The van der Waals surface area contributed by atoms with Gasteiger partial charge in [-0.3, -0.25) is 9.89 Å². The Balaban J connectivity index is 1.61. The normalized spacial score (nSPS) is 15.8. The molecule has 1 aliphatic rings. The molecule has 0 amide bonds. The first-order chi connectivity index (χ1) is 14.7. The lowest BCUT2D eigenvalue weighted by Gasteiger charge is -2.26. The van der Waals surface area contributed by atoms with Gasteiger partial charge in [0.2, 0.25) is 0 Å². The monoisotopic (exact) mass is 434 g/mol. The van der Waals surface area contributed by atoms with Crippen molar-refractivity contribution in [2.24, 2.45) is 4.99 Å². The van der Waals surface area contributed by atoms with Gasteiger partial charge >= 0.3 is 0 Å². The Morgan fingerprint density at radius 2 is 2.10 bits per heavy atom. The summed E-state index contributed by atoms with van der Waals surface area (Å²) < 4.78 is 16.7. The smallest absolute Gasteiger partial charge is 0.191 e. The third-order valence-electron chi connectivity index (χ3n) is 5.18. The highest BCUT2D eigenvalue weighted by molar-refractivity contribution is 6.32. The zero-order chi connectivity index (χ0) is 21.3. The van der Waals surface area contributed by atoms with Gasteiger partial charge in [-0.15, -0.1) is 0 Å². The third kappa shape index (κ3) is 5.61. The van der Waals surface area contributed by atoms with Gasteiger partial charge in [-0.1, -0.05) is 11.6 Å². The van der Waals surface area contributed by atoms with E-state index >= 15 is 0 Å². The predicted molar refractivity (Wildman–Crippen MR) is 120 cm³/mol. The lowest BCUT2D eigenvalue weighted by Crippen LogP contribution is -2.42. The van der Waals surface area contributed by atoms with Gasteiger partial charge in [0.15, 0.2) is 17.5 Å². The fraction of sp³-hybridized carbons (Fsp3) is 0.500. The number of aliphatic imine (C=N–C) groups is 1. The van der Waals surface area contributed by atoms with Crippen LogP contribution in [-0.2, 0) is 6.54 Å². The molecule has 0 spiro atoms. The zero-order valence-electron chi connectivity index (χ0n) is 17.9. The van der Waals surface area contributed by atoms with E-state index < -0.39 is 0 Å². The van der Waals surface area contributed by atoms with Crippen molar-refractivity contribution < 1.29 is 13.9 Å². The van der Waals surface area contributed by atoms with Gasteiger partial charge in [0.05, 0.1) is 31.0 Å². The number of methoxy groups -OCH3 is 1. The van der Waals surface area contributed by atoms with Crippen LogP contribution in [0.25, 0.3) is 0 Å². The SMILES string of the molecule is CCOc1c(Cl)cc(CNC(=NC)NCC(c2ccco2)N2CCCC2)cc1OC. The largest absolute Gasteiger partial charge is 0.493 e. The van der Waals surface area contributed by atoms with Crippen LogP contribution in [0.2, 0.25) is 5.02 Å².